The molecule has 0 bridgehead atoms. The fourth-order valence-electron chi connectivity index (χ4n) is 1.12. The van der Waals surface area contributed by atoms with Gasteiger partial charge in [-0.15, -0.1) is 0 Å². The first-order valence-corrected chi connectivity index (χ1v) is 5.05. The van der Waals surface area contributed by atoms with Gasteiger partial charge in [0.05, 0.1) is 6.54 Å². The van der Waals surface area contributed by atoms with Crippen molar-refractivity contribution >= 4 is 23.3 Å². The van der Waals surface area contributed by atoms with E-state index < -0.39 is 0 Å². The number of carbonyl (C=O) groups excluding carboxylic acids is 2. The molecule has 0 saturated heterocycles. The Balaban J connectivity index is 2.50. The molecule has 86 valence electrons. The van der Waals surface area contributed by atoms with Crippen molar-refractivity contribution in [1.82, 2.24) is 5.32 Å². The number of hydrogen-bond acceptors (Lipinski definition) is 3. The lowest BCUT2D eigenvalue weighted by Gasteiger charge is -2.04. The van der Waals surface area contributed by atoms with E-state index in [1.807, 2.05) is 0 Å². The van der Waals surface area contributed by atoms with Crippen LogP contribution in [0.1, 0.15) is 10.4 Å². The maximum absolute atomic E-state index is 11.6. The monoisotopic (exact) mass is 241 g/mol. The highest BCUT2D eigenvalue weighted by atomic mass is 35.5. The van der Waals surface area contributed by atoms with E-state index in [1.54, 1.807) is 24.3 Å². The number of rotatable bonds is 5. The summed E-state index contributed by atoms with van der Waals surface area (Å²) < 4.78 is 4.62. The summed E-state index contributed by atoms with van der Waals surface area (Å²) in [6, 6.07) is 6.58. The van der Waals surface area contributed by atoms with Crippen LogP contribution in [0.5, 0.6) is 0 Å². The number of carbonyl (C=O) groups is 2. The molecule has 0 aliphatic heterocycles. The van der Waals surface area contributed by atoms with E-state index in [1.165, 1.54) is 7.11 Å². The van der Waals surface area contributed by atoms with E-state index in [0.29, 0.717) is 10.6 Å². The van der Waals surface area contributed by atoms with Gasteiger partial charge in [-0.2, -0.15) is 0 Å². The molecule has 0 heterocycles. The molecule has 0 saturated carbocycles. The fourth-order valence-corrected chi connectivity index (χ4v) is 1.32. The molecule has 0 radical (unpaired) electrons. The number of benzene rings is 1. The SMILES string of the molecule is COCC(=O)NCC(=O)c1cccc(Cl)c1. The third-order valence-electron chi connectivity index (χ3n) is 1.87. The second-order valence-electron chi connectivity index (χ2n) is 3.14. The van der Waals surface area contributed by atoms with Crippen molar-refractivity contribution in [3.63, 3.8) is 0 Å². The summed E-state index contributed by atoms with van der Waals surface area (Å²) >= 11 is 5.74. The summed E-state index contributed by atoms with van der Waals surface area (Å²) in [6.07, 6.45) is 0. The Bertz CT molecular complexity index is 393. The predicted molar refractivity (Wildman–Crippen MR) is 60.7 cm³/mol. The second kappa shape index (κ2) is 6.25. The Morgan fingerprint density at radius 2 is 2.19 bits per heavy atom. The Morgan fingerprint density at radius 3 is 2.81 bits per heavy atom. The van der Waals surface area contributed by atoms with Gasteiger partial charge >= 0.3 is 0 Å². The van der Waals surface area contributed by atoms with Gasteiger partial charge in [0, 0.05) is 17.7 Å². The highest BCUT2D eigenvalue weighted by Gasteiger charge is 2.07. The molecule has 1 aromatic carbocycles. The van der Waals surface area contributed by atoms with Crippen molar-refractivity contribution in [3.8, 4) is 0 Å². The van der Waals surface area contributed by atoms with Gasteiger partial charge in [-0.3, -0.25) is 9.59 Å². The number of ketones is 1. The molecule has 16 heavy (non-hydrogen) atoms. The van der Waals surface area contributed by atoms with E-state index >= 15 is 0 Å². The molecule has 1 amide bonds. The molecular weight excluding hydrogens is 230 g/mol. The minimum atomic E-state index is -0.321. The molecule has 4 nitrogen and oxygen atoms in total. The van der Waals surface area contributed by atoms with Crippen LogP contribution in [0.4, 0.5) is 0 Å². The molecule has 0 atom stereocenters. The third kappa shape index (κ3) is 4.00. The van der Waals surface area contributed by atoms with Crippen molar-refractivity contribution in [2.24, 2.45) is 0 Å². The van der Waals surface area contributed by atoms with E-state index in [0.717, 1.165) is 0 Å². The van der Waals surface area contributed by atoms with Gasteiger partial charge in [0.25, 0.3) is 0 Å². The number of hydrogen-bond donors (Lipinski definition) is 1. The minimum Gasteiger partial charge on any atom is -0.375 e. The highest BCUT2D eigenvalue weighted by Crippen LogP contribution is 2.10. The number of halogens is 1. The molecule has 0 aromatic heterocycles. The molecular formula is C11H12ClNO3. The number of ether oxygens (including phenoxy) is 1. The lowest BCUT2D eigenvalue weighted by Crippen LogP contribution is -2.32. The van der Waals surface area contributed by atoms with Crippen molar-refractivity contribution in [3.05, 3.63) is 34.9 Å². The number of nitrogens with one attached hydrogen (secondary N) is 1. The highest BCUT2D eigenvalue weighted by molar-refractivity contribution is 6.31. The Labute approximate surface area is 98.5 Å². The summed E-state index contributed by atoms with van der Waals surface area (Å²) in [5, 5.41) is 2.94. The van der Waals surface area contributed by atoms with Gasteiger partial charge in [0.15, 0.2) is 5.78 Å². The van der Waals surface area contributed by atoms with Gasteiger partial charge in [0.2, 0.25) is 5.91 Å². The summed E-state index contributed by atoms with van der Waals surface area (Å²) in [4.78, 5) is 22.6. The van der Waals surface area contributed by atoms with Gasteiger partial charge in [-0.05, 0) is 12.1 Å². The van der Waals surface area contributed by atoms with Crippen molar-refractivity contribution in [1.29, 1.82) is 0 Å². The fraction of sp³-hybridized carbons (Fsp3) is 0.273. The van der Waals surface area contributed by atoms with Gasteiger partial charge in [0.1, 0.15) is 6.61 Å². The van der Waals surface area contributed by atoms with Crippen LogP contribution >= 0.6 is 11.6 Å². The number of methoxy groups -OCH3 is 1. The van der Waals surface area contributed by atoms with Crippen LogP contribution in [0.2, 0.25) is 5.02 Å². The largest absolute Gasteiger partial charge is 0.375 e. The summed E-state index contributed by atoms with van der Waals surface area (Å²) in [5.41, 5.74) is 0.477. The maximum Gasteiger partial charge on any atom is 0.246 e. The predicted octanol–water partition coefficient (Wildman–Crippen LogP) is 1.29. The zero-order valence-electron chi connectivity index (χ0n) is 8.83. The van der Waals surface area contributed by atoms with Crippen LogP contribution in [-0.4, -0.2) is 32.0 Å². The molecule has 0 aliphatic rings. The first kappa shape index (κ1) is 12.7. The lowest BCUT2D eigenvalue weighted by molar-refractivity contribution is -0.124. The van der Waals surface area contributed by atoms with Crippen LogP contribution in [0, 0.1) is 0 Å². The van der Waals surface area contributed by atoms with E-state index in [4.69, 9.17) is 11.6 Å². The van der Waals surface area contributed by atoms with Crippen molar-refractivity contribution in [2.75, 3.05) is 20.3 Å². The summed E-state index contributed by atoms with van der Waals surface area (Å²) in [7, 11) is 1.42. The average molecular weight is 242 g/mol. The molecule has 0 fully saturated rings. The summed E-state index contributed by atoms with van der Waals surface area (Å²) in [5.74, 6) is -0.509. The molecule has 0 aliphatic carbocycles. The topological polar surface area (TPSA) is 55.4 Å². The maximum atomic E-state index is 11.6. The van der Waals surface area contributed by atoms with Crippen LogP contribution in [0.15, 0.2) is 24.3 Å². The number of Topliss-reactive ketones (excluding diaryl/α,β-unsaturated/α-hetero) is 1. The van der Waals surface area contributed by atoms with E-state index in [9.17, 15) is 9.59 Å². The quantitative estimate of drug-likeness (QED) is 0.791. The third-order valence-corrected chi connectivity index (χ3v) is 2.10. The second-order valence-corrected chi connectivity index (χ2v) is 3.58. The first-order chi connectivity index (χ1) is 7.63. The average Bonchev–Trinajstić information content (AvgIpc) is 2.26. The molecule has 1 N–H and O–H groups in total. The molecule has 5 heteroatoms. The van der Waals surface area contributed by atoms with Gasteiger partial charge in [-0.25, -0.2) is 0 Å². The van der Waals surface area contributed by atoms with Crippen LogP contribution in [0.25, 0.3) is 0 Å². The van der Waals surface area contributed by atoms with Crippen LogP contribution in [0.3, 0.4) is 0 Å². The first-order valence-electron chi connectivity index (χ1n) is 4.68. The molecule has 1 aromatic rings. The molecule has 1 rings (SSSR count). The normalized spacial score (nSPS) is 9.88. The van der Waals surface area contributed by atoms with Gasteiger partial charge in [-0.1, -0.05) is 23.7 Å². The Morgan fingerprint density at radius 1 is 1.44 bits per heavy atom. The van der Waals surface area contributed by atoms with Crippen LogP contribution < -0.4 is 5.32 Å². The standard InChI is InChI=1S/C11H12ClNO3/c1-16-7-11(15)13-6-10(14)8-3-2-4-9(12)5-8/h2-5H,6-7H2,1H3,(H,13,15). The van der Waals surface area contributed by atoms with E-state index in [-0.39, 0.29) is 24.8 Å². The molecule has 0 unspecified atom stereocenters. The summed E-state index contributed by atoms with van der Waals surface area (Å²) in [6.45, 7) is -0.106. The lowest BCUT2D eigenvalue weighted by atomic mass is 10.1. The zero-order valence-corrected chi connectivity index (χ0v) is 9.58. The van der Waals surface area contributed by atoms with Gasteiger partial charge < -0.3 is 10.1 Å². The Kier molecular flexibility index (Phi) is 4.95. The molecule has 0 spiro atoms. The minimum absolute atomic E-state index is 0.0528. The van der Waals surface area contributed by atoms with E-state index in [2.05, 4.69) is 10.1 Å². The van der Waals surface area contributed by atoms with Crippen LogP contribution in [-0.2, 0) is 9.53 Å². The zero-order chi connectivity index (χ0) is 12.0. The van der Waals surface area contributed by atoms with Crippen molar-refractivity contribution < 1.29 is 14.3 Å². The van der Waals surface area contributed by atoms with Crippen molar-refractivity contribution in [2.45, 2.75) is 0 Å². The smallest absolute Gasteiger partial charge is 0.246 e. The number of amides is 1. The Hall–Kier alpha value is -1.39.